The maximum atomic E-state index is 12.4. The van der Waals surface area contributed by atoms with E-state index in [0.29, 0.717) is 18.5 Å². The van der Waals surface area contributed by atoms with Gasteiger partial charge in [0.05, 0.1) is 17.0 Å². The van der Waals surface area contributed by atoms with Gasteiger partial charge in [0.15, 0.2) is 0 Å². The van der Waals surface area contributed by atoms with Crippen molar-refractivity contribution in [2.24, 2.45) is 0 Å². The molecule has 1 aromatic heterocycles. The van der Waals surface area contributed by atoms with E-state index in [2.05, 4.69) is 16.7 Å². The monoisotopic (exact) mass is 308 g/mol. The molecule has 5 heteroatoms. The highest BCUT2D eigenvalue weighted by Crippen LogP contribution is 2.16. The molecule has 0 spiro atoms. The number of hydrogen-bond acceptors (Lipinski definition) is 4. The maximum Gasteiger partial charge on any atom is 0.254 e. The average molecular weight is 308 g/mol. The fourth-order valence-electron chi connectivity index (χ4n) is 1.88. The summed E-state index contributed by atoms with van der Waals surface area (Å²) in [6, 6.07) is 1.84. The zero-order valence-electron chi connectivity index (χ0n) is 13.1. The molecule has 116 valence electrons. The lowest BCUT2D eigenvalue weighted by Gasteiger charge is -2.21. The summed E-state index contributed by atoms with van der Waals surface area (Å²) in [6.07, 6.45) is 1.44. The van der Waals surface area contributed by atoms with E-state index < -0.39 is 0 Å². The van der Waals surface area contributed by atoms with Crippen LogP contribution in [0.15, 0.2) is 11.4 Å². The van der Waals surface area contributed by atoms with Gasteiger partial charge in [-0.2, -0.15) is 0 Å². The smallest absolute Gasteiger partial charge is 0.254 e. The van der Waals surface area contributed by atoms with Gasteiger partial charge in [0.2, 0.25) is 0 Å². The molecule has 0 aliphatic rings. The van der Waals surface area contributed by atoms with Crippen LogP contribution in [0.3, 0.4) is 0 Å². The van der Waals surface area contributed by atoms with E-state index in [0.717, 1.165) is 24.4 Å². The third-order valence-corrected chi connectivity index (χ3v) is 3.84. The molecule has 1 heterocycles. The first-order chi connectivity index (χ1) is 10.1. The fourth-order valence-corrected chi connectivity index (χ4v) is 2.63. The van der Waals surface area contributed by atoms with Crippen molar-refractivity contribution < 1.29 is 9.90 Å². The van der Waals surface area contributed by atoms with E-state index in [1.807, 2.05) is 37.4 Å². The lowest BCUT2D eigenvalue weighted by molar-refractivity contribution is 0.0760. The highest BCUT2D eigenvalue weighted by Gasteiger charge is 2.15. The van der Waals surface area contributed by atoms with Crippen molar-refractivity contribution >= 4 is 17.2 Å². The van der Waals surface area contributed by atoms with Crippen LogP contribution >= 0.6 is 11.3 Å². The molecule has 21 heavy (non-hydrogen) atoms. The van der Waals surface area contributed by atoms with E-state index in [1.165, 1.54) is 11.3 Å². The maximum absolute atomic E-state index is 12.4. The van der Waals surface area contributed by atoms with Crippen LogP contribution in [0.1, 0.15) is 35.0 Å². The molecule has 4 nitrogen and oxygen atoms in total. The van der Waals surface area contributed by atoms with Crippen molar-refractivity contribution in [3.05, 3.63) is 21.9 Å². The Kier molecular flexibility index (Phi) is 8.06. The van der Waals surface area contributed by atoms with E-state index in [9.17, 15) is 4.79 Å². The Morgan fingerprint density at radius 2 is 2.14 bits per heavy atom. The van der Waals surface area contributed by atoms with Crippen LogP contribution in [0.2, 0.25) is 0 Å². The molecule has 1 rings (SSSR count). The molecule has 0 unspecified atom stereocenters. The predicted molar refractivity (Wildman–Crippen MR) is 87.6 cm³/mol. The van der Waals surface area contributed by atoms with Crippen LogP contribution < -0.4 is 0 Å². The van der Waals surface area contributed by atoms with Crippen molar-refractivity contribution in [1.82, 2.24) is 9.80 Å². The molecular formula is C16H24N2O2S. The van der Waals surface area contributed by atoms with E-state index in [-0.39, 0.29) is 12.5 Å². The lowest BCUT2D eigenvalue weighted by Crippen LogP contribution is -2.33. The molecule has 0 fully saturated rings. The number of carbonyl (C=O) groups excluding carboxylic acids is 1. The number of aliphatic hydroxyl groups is 1. The normalized spacial score (nSPS) is 10.3. The van der Waals surface area contributed by atoms with Crippen LogP contribution in [0.5, 0.6) is 0 Å². The molecule has 0 radical (unpaired) electrons. The summed E-state index contributed by atoms with van der Waals surface area (Å²) >= 11 is 1.47. The van der Waals surface area contributed by atoms with Crippen molar-refractivity contribution in [2.45, 2.75) is 19.8 Å². The van der Waals surface area contributed by atoms with E-state index in [4.69, 9.17) is 5.11 Å². The SMILES string of the molecule is CCN(CCCN(C)C)C(=O)c1csc(C#CCCO)c1. The number of amides is 1. The minimum Gasteiger partial charge on any atom is -0.395 e. The third kappa shape index (κ3) is 6.30. The van der Waals surface area contributed by atoms with Crippen LogP contribution in [0.4, 0.5) is 0 Å². The third-order valence-electron chi connectivity index (χ3n) is 3.00. The molecule has 0 aliphatic carbocycles. The van der Waals surface area contributed by atoms with Crippen molar-refractivity contribution in [3.63, 3.8) is 0 Å². The summed E-state index contributed by atoms with van der Waals surface area (Å²) in [5.74, 6) is 5.91. The molecule has 1 amide bonds. The molecule has 1 aromatic rings. The minimum absolute atomic E-state index is 0.0691. The van der Waals surface area contributed by atoms with Crippen LogP contribution in [0, 0.1) is 11.8 Å². The predicted octanol–water partition coefficient (Wildman–Crippen LogP) is 1.90. The number of aliphatic hydroxyl groups excluding tert-OH is 1. The quantitative estimate of drug-likeness (QED) is 0.782. The summed E-state index contributed by atoms with van der Waals surface area (Å²) in [7, 11) is 4.07. The summed E-state index contributed by atoms with van der Waals surface area (Å²) in [6.45, 7) is 4.54. The summed E-state index contributed by atoms with van der Waals surface area (Å²) in [5, 5.41) is 10.6. The molecule has 1 N–H and O–H groups in total. The average Bonchev–Trinajstić information content (AvgIpc) is 2.92. The van der Waals surface area contributed by atoms with Crippen LogP contribution in [-0.4, -0.2) is 61.2 Å². The zero-order chi connectivity index (χ0) is 15.7. The van der Waals surface area contributed by atoms with Crippen molar-refractivity contribution in [2.75, 3.05) is 40.3 Å². The van der Waals surface area contributed by atoms with Crippen LogP contribution in [0.25, 0.3) is 0 Å². The van der Waals surface area contributed by atoms with Crippen molar-refractivity contribution in [1.29, 1.82) is 0 Å². The molecule has 0 aliphatic heterocycles. The Labute approximate surface area is 131 Å². The highest BCUT2D eigenvalue weighted by atomic mass is 32.1. The Balaban J connectivity index is 2.62. The Hall–Kier alpha value is -1.35. The second-order valence-corrected chi connectivity index (χ2v) is 5.93. The topological polar surface area (TPSA) is 43.8 Å². The minimum atomic E-state index is 0.0691. The number of thiophene rings is 1. The first-order valence-corrected chi connectivity index (χ1v) is 8.08. The Bertz CT molecular complexity index is 500. The van der Waals surface area contributed by atoms with E-state index in [1.54, 1.807) is 0 Å². The molecule has 0 bridgehead atoms. The highest BCUT2D eigenvalue weighted by molar-refractivity contribution is 7.10. The van der Waals surface area contributed by atoms with Gasteiger partial charge in [0.25, 0.3) is 5.91 Å². The Morgan fingerprint density at radius 3 is 2.76 bits per heavy atom. The van der Waals surface area contributed by atoms with Crippen molar-refractivity contribution in [3.8, 4) is 11.8 Å². The van der Waals surface area contributed by atoms with Gasteiger partial charge >= 0.3 is 0 Å². The fraction of sp³-hybridized carbons (Fsp3) is 0.562. The summed E-state index contributed by atoms with van der Waals surface area (Å²) in [4.78, 5) is 17.3. The van der Waals surface area contributed by atoms with Gasteiger partial charge in [-0.15, -0.1) is 11.3 Å². The van der Waals surface area contributed by atoms with Crippen LogP contribution in [-0.2, 0) is 0 Å². The van der Waals surface area contributed by atoms with Gasteiger partial charge in [-0.05, 0) is 40.1 Å². The van der Waals surface area contributed by atoms with Gasteiger partial charge in [0, 0.05) is 24.9 Å². The van der Waals surface area contributed by atoms with Gasteiger partial charge < -0.3 is 14.9 Å². The van der Waals surface area contributed by atoms with E-state index >= 15 is 0 Å². The number of carbonyl (C=O) groups is 1. The summed E-state index contributed by atoms with van der Waals surface area (Å²) in [5.41, 5.74) is 0.708. The number of rotatable bonds is 7. The molecule has 0 saturated heterocycles. The second-order valence-electron chi connectivity index (χ2n) is 5.02. The second kappa shape index (κ2) is 9.56. The number of hydrogen-bond donors (Lipinski definition) is 1. The first kappa shape index (κ1) is 17.7. The van der Waals surface area contributed by atoms with Gasteiger partial charge in [-0.3, -0.25) is 4.79 Å². The zero-order valence-corrected chi connectivity index (χ0v) is 13.9. The molecular weight excluding hydrogens is 284 g/mol. The van der Waals surface area contributed by atoms with Gasteiger partial charge in [-0.1, -0.05) is 11.8 Å². The Morgan fingerprint density at radius 1 is 1.38 bits per heavy atom. The lowest BCUT2D eigenvalue weighted by atomic mass is 10.2. The van der Waals surface area contributed by atoms with Gasteiger partial charge in [-0.25, -0.2) is 0 Å². The largest absolute Gasteiger partial charge is 0.395 e. The molecule has 0 atom stereocenters. The number of nitrogens with zero attached hydrogens (tertiary/aromatic N) is 2. The first-order valence-electron chi connectivity index (χ1n) is 7.20. The standard InChI is InChI=1S/C16H24N2O2S/c1-4-18(10-7-9-17(2)3)16(20)14-12-15(21-13-14)8-5-6-11-19/h12-13,19H,4,6-7,9-11H2,1-3H3. The summed E-state index contributed by atoms with van der Waals surface area (Å²) < 4.78 is 0. The molecule has 0 aromatic carbocycles. The molecule has 0 saturated carbocycles. The van der Waals surface area contributed by atoms with Gasteiger partial charge in [0.1, 0.15) is 0 Å².